The normalized spacial score (nSPS) is 10.8. The van der Waals surface area contributed by atoms with E-state index < -0.39 is 5.91 Å². The van der Waals surface area contributed by atoms with Gasteiger partial charge in [-0.25, -0.2) is 9.67 Å². The highest BCUT2D eigenvalue weighted by Gasteiger charge is 2.22. The van der Waals surface area contributed by atoms with Crippen molar-refractivity contribution in [2.24, 2.45) is 0 Å². The summed E-state index contributed by atoms with van der Waals surface area (Å²) in [5, 5.41) is 10.9. The summed E-state index contributed by atoms with van der Waals surface area (Å²) in [6, 6.07) is 15.7. The van der Waals surface area contributed by atoms with Gasteiger partial charge in [0.2, 0.25) is 5.95 Å². The van der Waals surface area contributed by atoms with Crippen LogP contribution < -0.4 is 10.1 Å². The topological polar surface area (TPSA) is 95.1 Å². The third-order valence-corrected chi connectivity index (χ3v) is 5.02. The van der Waals surface area contributed by atoms with Gasteiger partial charge in [0.25, 0.3) is 5.91 Å². The predicted molar refractivity (Wildman–Crippen MR) is 115 cm³/mol. The van der Waals surface area contributed by atoms with Crippen molar-refractivity contribution in [3.8, 4) is 5.75 Å². The van der Waals surface area contributed by atoms with E-state index in [1.54, 1.807) is 17.9 Å². The number of nitrogens with one attached hydrogen (secondary N) is 1. The summed E-state index contributed by atoms with van der Waals surface area (Å²) in [5.74, 6) is 1.02. The molecule has 1 amide bonds. The Kier molecular flexibility index (Phi) is 5.79. The zero-order valence-electron chi connectivity index (χ0n) is 17.6. The van der Waals surface area contributed by atoms with Crippen molar-refractivity contribution in [1.82, 2.24) is 19.9 Å². The van der Waals surface area contributed by atoms with Crippen LogP contribution in [0.5, 0.6) is 5.75 Å². The number of carbonyl (C=O) groups excluding carboxylic acids is 1. The van der Waals surface area contributed by atoms with Gasteiger partial charge in [-0.05, 0) is 43.5 Å². The lowest BCUT2D eigenvalue weighted by atomic mass is 10.1. The molecule has 0 saturated heterocycles. The smallest absolute Gasteiger partial charge is 0.280 e. The van der Waals surface area contributed by atoms with E-state index in [1.807, 2.05) is 62.4 Å². The van der Waals surface area contributed by atoms with Crippen LogP contribution in [-0.2, 0) is 13.2 Å². The molecule has 2 heterocycles. The summed E-state index contributed by atoms with van der Waals surface area (Å²) in [6.07, 6.45) is 1.58. The third-order valence-electron chi connectivity index (χ3n) is 5.02. The molecular weight excluding hydrogens is 394 g/mol. The lowest BCUT2D eigenvalue weighted by Crippen LogP contribution is -2.16. The Morgan fingerprint density at radius 3 is 2.58 bits per heavy atom. The number of nitrogens with zero attached hydrogens (tertiary/aromatic N) is 4. The van der Waals surface area contributed by atoms with Crippen LogP contribution in [0.25, 0.3) is 0 Å². The number of aryl methyl sites for hydroxylation is 3. The highest BCUT2D eigenvalue weighted by molar-refractivity contribution is 6.02. The summed E-state index contributed by atoms with van der Waals surface area (Å²) < 4.78 is 12.8. The second-order valence-corrected chi connectivity index (χ2v) is 7.27. The minimum Gasteiger partial charge on any atom is -0.488 e. The first-order valence-corrected chi connectivity index (χ1v) is 9.90. The maximum absolute atomic E-state index is 12.8. The molecule has 0 aliphatic rings. The van der Waals surface area contributed by atoms with Gasteiger partial charge in [0.15, 0.2) is 5.69 Å². The van der Waals surface area contributed by atoms with Crippen LogP contribution in [-0.4, -0.2) is 25.8 Å². The molecule has 0 atom stereocenters. The van der Waals surface area contributed by atoms with Gasteiger partial charge in [-0.1, -0.05) is 47.6 Å². The summed E-state index contributed by atoms with van der Waals surface area (Å²) in [6.45, 7) is 6.48. The van der Waals surface area contributed by atoms with Crippen LogP contribution in [0.2, 0.25) is 0 Å². The molecule has 0 fully saturated rings. The second kappa shape index (κ2) is 8.83. The number of hydrogen-bond donors (Lipinski definition) is 1. The maximum Gasteiger partial charge on any atom is 0.280 e. The molecule has 0 spiro atoms. The quantitative estimate of drug-likeness (QED) is 0.487. The fraction of sp³-hybridized carbons (Fsp3) is 0.217. The van der Waals surface area contributed by atoms with Gasteiger partial charge in [-0.2, -0.15) is 0 Å². The number of rotatable bonds is 7. The van der Waals surface area contributed by atoms with Crippen molar-refractivity contribution in [1.29, 1.82) is 0 Å². The summed E-state index contributed by atoms with van der Waals surface area (Å²) >= 11 is 0. The summed E-state index contributed by atoms with van der Waals surface area (Å²) in [7, 11) is 0. The monoisotopic (exact) mass is 417 g/mol. The first-order chi connectivity index (χ1) is 15.0. The van der Waals surface area contributed by atoms with Gasteiger partial charge in [0.1, 0.15) is 24.4 Å². The largest absolute Gasteiger partial charge is 0.488 e. The molecule has 2 aromatic heterocycles. The first-order valence-electron chi connectivity index (χ1n) is 9.90. The Morgan fingerprint density at radius 1 is 1.06 bits per heavy atom. The minimum absolute atomic E-state index is 0.154. The van der Waals surface area contributed by atoms with Crippen molar-refractivity contribution in [2.75, 3.05) is 5.32 Å². The number of benzene rings is 2. The van der Waals surface area contributed by atoms with Gasteiger partial charge in [0.05, 0.1) is 12.1 Å². The average Bonchev–Trinajstić information content (AvgIpc) is 3.35. The zero-order chi connectivity index (χ0) is 21.8. The van der Waals surface area contributed by atoms with Gasteiger partial charge >= 0.3 is 0 Å². The van der Waals surface area contributed by atoms with E-state index in [4.69, 9.17) is 9.26 Å². The lowest BCUT2D eigenvalue weighted by Gasteiger charge is -2.08. The molecule has 0 unspecified atom stereocenters. The zero-order valence-corrected chi connectivity index (χ0v) is 17.6. The Hall–Kier alpha value is -3.94. The number of anilines is 1. The summed E-state index contributed by atoms with van der Waals surface area (Å²) in [5.41, 5.74) is 4.04. The molecular formula is C23H23N5O3. The van der Waals surface area contributed by atoms with E-state index in [1.165, 1.54) is 5.56 Å². The first kappa shape index (κ1) is 20.3. The van der Waals surface area contributed by atoms with Gasteiger partial charge in [-0.3, -0.25) is 10.1 Å². The van der Waals surface area contributed by atoms with Crippen LogP contribution in [0.3, 0.4) is 0 Å². The van der Waals surface area contributed by atoms with Crippen LogP contribution >= 0.6 is 0 Å². The maximum atomic E-state index is 12.8. The third kappa shape index (κ3) is 4.63. The number of carbonyl (C=O) groups is 1. The van der Waals surface area contributed by atoms with Crippen molar-refractivity contribution >= 4 is 11.9 Å². The molecule has 8 heteroatoms. The highest BCUT2D eigenvalue weighted by Crippen LogP contribution is 2.21. The van der Waals surface area contributed by atoms with Crippen molar-refractivity contribution in [3.05, 3.63) is 88.6 Å². The van der Waals surface area contributed by atoms with E-state index in [0.717, 1.165) is 16.9 Å². The van der Waals surface area contributed by atoms with Crippen LogP contribution in [0.1, 0.15) is 38.5 Å². The molecule has 4 aromatic rings. The predicted octanol–water partition coefficient (Wildman–Crippen LogP) is 4.07. The van der Waals surface area contributed by atoms with Crippen LogP contribution in [0.15, 0.2) is 59.4 Å². The highest BCUT2D eigenvalue weighted by atomic mass is 16.5. The van der Waals surface area contributed by atoms with E-state index in [9.17, 15) is 4.79 Å². The Bertz CT molecular complexity index is 1210. The number of aromatic nitrogens is 4. The Morgan fingerprint density at radius 2 is 1.81 bits per heavy atom. The van der Waals surface area contributed by atoms with Crippen LogP contribution in [0.4, 0.5) is 5.95 Å². The Labute approximate surface area is 179 Å². The van der Waals surface area contributed by atoms with Crippen molar-refractivity contribution < 1.29 is 14.1 Å². The summed E-state index contributed by atoms with van der Waals surface area (Å²) in [4.78, 5) is 16.9. The Balaban J connectivity index is 1.44. The molecule has 4 rings (SSSR count). The number of amides is 1. The fourth-order valence-corrected chi connectivity index (χ4v) is 3.16. The van der Waals surface area contributed by atoms with E-state index in [0.29, 0.717) is 17.9 Å². The van der Waals surface area contributed by atoms with Crippen molar-refractivity contribution in [2.45, 2.75) is 33.9 Å². The molecule has 0 aliphatic carbocycles. The molecule has 0 saturated carbocycles. The van der Waals surface area contributed by atoms with Crippen molar-refractivity contribution in [3.63, 3.8) is 0 Å². The van der Waals surface area contributed by atoms with Crippen LogP contribution in [0, 0.1) is 20.8 Å². The second-order valence-electron chi connectivity index (χ2n) is 7.27. The van der Waals surface area contributed by atoms with E-state index in [-0.39, 0.29) is 18.2 Å². The molecule has 0 bridgehead atoms. The average molecular weight is 417 g/mol. The van der Waals surface area contributed by atoms with Gasteiger partial charge < -0.3 is 9.26 Å². The molecule has 8 nitrogen and oxygen atoms in total. The fourth-order valence-electron chi connectivity index (χ4n) is 3.16. The lowest BCUT2D eigenvalue weighted by molar-refractivity contribution is 0.101. The van der Waals surface area contributed by atoms with E-state index in [2.05, 4.69) is 20.6 Å². The molecule has 0 radical (unpaired) electrons. The minimum atomic E-state index is -0.450. The molecule has 31 heavy (non-hydrogen) atoms. The molecule has 2 aromatic carbocycles. The SMILES string of the molecule is Cc1ccccc1Cn1cnc(NC(=O)c2noc(C)c2COc2ccccc2C)n1. The number of ether oxygens (including phenoxy) is 1. The standard InChI is InChI=1S/C23H23N5O3/c1-15-8-4-6-10-18(15)12-28-14-24-23(26-28)25-22(29)21-19(17(3)31-27-21)13-30-20-11-7-5-9-16(20)2/h4-11,14H,12-13H2,1-3H3,(H,25,26,29). The molecule has 158 valence electrons. The number of para-hydroxylation sites is 1. The van der Waals surface area contributed by atoms with Gasteiger partial charge in [0, 0.05) is 0 Å². The molecule has 0 aliphatic heterocycles. The van der Waals surface area contributed by atoms with Gasteiger partial charge in [-0.15, -0.1) is 5.10 Å². The van der Waals surface area contributed by atoms with E-state index >= 15 is 0 Å². The molecule has 1 N–H and O–H groups in total. The number of hydrogen-bond acceptors (Lipinski definition) is 6.